The maximum Gasteiger partial charge on any atom is 0.238 e. The molecule has 0 bridgehead atoms. The van der Waals surface area contributed by atoms with Gasteiger partial charge < -0.3 is 15.4 Å². The number of nitrogens with zero attached hydrogens (tertiary/aromatic N) is 1. The predicted molar refractivity (Wildman–Crippen MR) is 77.6 cm³/mol. The van der Waals surface area contributed by atoms with E-state index in [2.05, 4.69) is 15.6 Å². The number of ether oxygens (including phenoxy) is 1. The maximum absolute atomic E-state index is 11.8. The van der Waals surface area contributed by atoms with E-state index in [0.717, 1.165) is 5.56 Å². The summed E-state index contributed by atoms with van der Waals surface area (Å²) in [6, 6.07) is 11.1. The molecule has 0 spiro atoms. The number of anilines is 1. The standard InChI is InChI=1S/C15H17N3O2/c1-20-14-5-3-2-4-13(14)18-15(19)11-17-10-12-6-8-16-9-7-12/h2-9,17H,10-11H2,1H3,(H,18,19). The van der Waals surface area contributed by atoms with Crippen molar-refractivity contribution in [2.45, 2.75) is 6.54 Å². The SMILES string of the molecule is COc1ccccc1NC(=O)CNCc1ccncc1. The van der Waals surface area contributed by atoms with Crippen LogP contribution in [0.1, 0.15) is 5.56 Å². The van der Waals surface area contributed by atoms with Crippen molar-refractivity contribution in [3.63, 3.8) is 0 Å². The van der Waals surface area contributed by atoms with Crippen LogP contribution in [-0.4, -0.2) is 24.5 Å². The third kappa shape index (κ3) is 4.07. The quantitative estimate of drug-likeness (QED) is 0.841. The van der Waals surface area contributed by atoms with Gasteiger partial charge in [0.2, 0.25) is 5.91 Å². The molecule has 1 aromatic heterocycles. The second-order valence-electron chi connectivity index (χ2n) is 4.21. The van der Waals surface area contributed by atoms with Gasteiger partial charge in [0.1, 0.15) is 5.75 Å². The van der Waals surface area contributed by atoms with Crippen LogP contribution in [0.25, 0.3) is 0 Å². The Labute approximate surface area is 118 Å². The van der Waals surface area contributed by atoms with Crippen molar-refractivity contribution in [3.05, 3.63) is 54.4 Å². The zero-order chi connectivity index (χ0) is 14.2. The second-order valence-corrected chi connectivity index (χ2v) is 4.21. The van der Waals surface area contributed by atoms with Gasteiger partial charge in [0.25, 0.3) is 0 Å². The zero-order valence-electron chi connectivity index (χ0n) is 11.3. The number of para-hydroxylation sites is 2. The number of aromatic nitrogens is 1. The van der Waals surface area contributed by atoms with Crippen molar-refractivity contribution >= 4 is 11.6 Å². The summed E-state index contributed by atoms with van der Waals surface area (Å²) in [6.07, 6.45) is 3.46. The van der Waals surface area contributed by atoms with E-state index in [1.807, 2.05) is 24.3 Å². The van der Waals surface area contributed by atoms with Crippen molar-refractivity contribution < 1.29 is 9.53 Å². The van der Waals surface area contributed by atoms with Crippen LogP contribution < -0.4 is 15.4 Å². The minimum absolute atomic E-state index is 0.108. The zero-order valence-corrected chi connectivity index (χ0v) is 11.3. The molecule has 0 aliphatic carbocycles. The number of methoxy groups -OCH3 is 1. The van der Waals surface area contributed by atoms with Gasteiger partial charge >= 0.3 is 0 Å². The Hall–Kier alpha value is -2.40. The molecule has 5 nitrogen and oxygen atoms in total. The average molecular weight is 271 g/mol. The Morgan fingerprint density at radius 2 is 1.95 bits per heavy atom. The number of carbonyl (C=O) groups excluding carboxylic acids is 1. The number of pyridine rings is 1. The van der Waals surface area contributed by atoms with Crippen LogP contribution in [-0.2, 0) is 11.3 Å². The average Bonchev–Trinajstić information content (AvgIpc) is 2.49. The molecule has 0 saturated heterocycles. The lowest BCUT2D eigenvalue weighted by molar-refractivity contribution is -0.115. The van der Waals surface area contributed by atoms with Gasteiger partial charge in [-0.3, -0.25) is 9.78 Å². The fourth-order valence-corrected chi connectivity index (χ4v) is 1.76. The summed E-state index contributed by atoms with van der Waals surface area (Å²) >= 11 is 0. The van der Waals surface area contributed by atoms with E-state index < -0.39 is 0 Å². The molecule has 0 atom stereocenters. The molecular formula is C15H17N3O2. The number of carbonyl (C=O) groups is 1. The van der Waals surface area contributed by atoms with Gasteiger partial charge in [-0.1, -0.05) is 12.1 Å². The summed E-state index contributed by atoms with van der Waals surface area (Å²) < 4.78 is 5.18. The highest BCUT2D eigenvalue weighted by Crippen LogP contribution is 2.22. The van der Waals surface area contributed by atoms with Gasteiger partial charge in [-0.05, 0) is 29.8 Å². The number of rotatable bonds is 6. The highest BCUT2D eigenvalue weighted by Gasteiger charge is 2.06. The van der Waals surface area contributed by atoms with Crippen LogP contribution in [0.2, 0.25) is 0 Å². The van der Waals surface area contributed by atoms with Gasteiger partial charge in [0.05, 0.1) is 19.3 Å². The molecule has 20 heavy (non-hydrogen) atoms. The fraction of sp³-hybridized carbons (Fsp3) is 0.200. The molecular weight excluding hydrogens is 254 g/mol. The number of benzene rings is 1. The number of hydrogen-bond acceptors (Lipinski definition) is 4. The summed E-state index contributed by atoms with van der Waals surface area (Å²) in [5, 5.41) is 5.89. The van der Waals surface area contributed by atoms with E-state index in [9.17, 15) is 4.79 Å². The fourth-order valence-electron chi connectivity index (χ4n) is 1.76. The van der Waals surface area contributed by atoms with Crippen molar-refractivity contribution in [1.29, 1.82) is 0 Å². The van der Waals surface area contributed by atoms with Crippen molar-refractivity contribution in [2.24, 2.45) is 0 Å². The van der Waals surface area contributed by atoms with Crippen molar-refractivity contribution in [3.8, 4) is 5.75 Å². The van der Waals surface area contributed by atoms with Gasteiger partial charge in [-0.25, -0.2) is 0 Å². The number of hydrogen-bond donors (Lipinski definition) is 2. The van der Waals surface area contributed by atoms with Gasteiger partial charge in [-0.15, -0.1) is 0 Å². The summed E-state index contributed by atoms with van der Waals surface area (Å²) in [6.45, 7) is 0.863. The third-order valence-corrected chi connectivity index (χ3v) is 2.75. The molecule has 0 saturated carbocycles. The minimum Gasteiger partial charge on any atom is -0.495 e. The molecule has 5 heteroatoms. The van der Waals surface area contributed by atoms with Gasteiger partial charge in [-0.2, -0.15) is 0 Å². The molecule has 1 heterocycles. The molecule has 0 unspecified atom stereocenters. The van der Waals surface area contributed by atoms with E-state index in [1.54, 1.807) is 31.6 Å². The highest BCUT2D eigenvalue weighted by molar-refractivity contribution is 5.93. The summed E-state index contributed by atoms with van der Waals surface area (Å²) in [4.78, 5) is 15.8. The lowest BCUT2D eigenvalue weighted by atomic mass is 10.2. The summed E-state index contributed by atoms with van der Waals surface area (Å²) in [5.74, 6) is 0.540. The van der Waals surface area contributed by atoms with Crippen LogP contribution in [0.15, 0.2) is 48.8 Å². The van der Waals surface area contributed by atoms with E-state index in [4.69, 9.17) is 4.74 Å². The maximum atomic E-state index is 11.8. The van der Waals surface area contributed by atoms with Crippen LogP contribution in [0.5, 0.6) is 5.75 Å². The smallest absolute Gasteiger partial charge is 0.238 e. The largest absolute Gasteiger partial charge is 0.495 e. The van der Waals surface area contributed by atoms with Crippen LogP contribution in [0.3, 0.4) is 0 Å². The normalized spacial score (nSPS) is 10.1. The van der Waals surface area contributed by atoms with E-state index in [1.165, 1.54) is 0 Å². The Balaban J connectivity index is 1.81. The van der Waals surface area contributed by atoms with Crippen LogP contribution in [0, 0.1) is 0 Å². The lowest BCUT2D eigenvalue weighted by Gasteiger charge is -2.10. The van der Waals surface area contributed by atoms with Crippen LogP contribution in [0.4, 0.5) is 5.69 Å². The number of nitrogens with one attached hydrogen (secondary N) is 2. The lowest BCUT2D eigenvalue weighted by Crippen LogP contribution is -2.27. The Kier molecular flexibility index (Phi) is 5.08. The Bertz CT molecular complexity index is 558. The van der Waals surface area contributed by atoms with Crippen molar-refractivity contribution in [1.82, 2.24) is 10.3 Å². The minimum atomic E-state index is -0.108. The Morgan fingerprint density at radius 3 is 2.70 bits per heavy atom. The molecule has 0 radical (unpaired) electrons. The monoisotopic (exact) mass is 271 g/mol. The first-order valence-electron chi connectivity index (χ1n) is 6.32. The van der Waals surface area contributed by atoms with E-state index in [-0.39, 0.29) is 12.5 Å². The predicted octanol–water partition coefficient (Wildman–Crippen LogP) is 1.82. The molecule has 2 aromatic rings. The molecule has 0 aliphatic heterocycles. The van der Waals surface area contributed by atoms with E-state index >= 15 is 0 Å². The van der Waals surface area contributed by atoms with Gasteiger partial charge in [0, 0.05) is 18.9 Å². The summed E-state index contributed by atoms with van der Waals surface area (Å²) in [7, 11) is 1.58. The Morgan fingerprint density at radius 1 is 1.20 bits per heavy atom. The molecule has 0 fully saturated rings. The van der Waals surface area contributed by atoms with Crippen LogP contribution >= 0.6 is 0 Å². The van der Waals surface area contributed by atoms with E-state index in [0.29, 0.717) is 18.0 Å². The highest BCUT2D eigenvalue weighted by atomic mass is 16.5. The van der Waals surface area contributed by atoms with Gasteiger partial charge in [0.15, 0.2) is 0 Å². The molecule has 0 aliphatic rings. The first-order chi connectivity index (χ1) is 9.79. The first kappa shape index (κ1) is 14.0. The molecule has 104 valence electrons. The molecule has 2 rings (SSSR count). The number of amides is 1. The molecule has 1 aromatic carbocycles. The third-order valence-electron chi connectivity index (χ3n) is 2.75. The topological polar surface area (TPSA) is 63.2 Å². The van der Waals surface area contributed by atoms with Crippen molar-refractivity contribution in [2.75, 3.05) is 19.0 Å². The summed E-state index contributed by atoms with van der Waals surface area (Å²) in [5.41, 5.74) is 1.76. The second kappa shape index (κ2) is 7.25. The molecule has 2 N–H and O–H groups in total. The first-order valence-corrected chi connectivity index (χ1v) is 6.32. The molecule has 1 amide bonds.